The highest BCUT2D eigenvalue weighted by molar-refractivity contribution is 6.01. The molecule has 4 rings (SSSR count). The molecule has 3 saturated heterocycles. The third kappa shape index (κ3) is 4.90. The fourth-order valence-corrected chi connectivity index (χ4v) is 4.64. The molecule has 0 aliphatic carbocycles. The van der Waals surface area contributed by atoms with Gasteiger partial charge in [0.1, 0.15) is 11.9 Å². The number of hydrogen-bond acceptors (Lipinski definition) is 6. The zero-order valence-corrected chi connectivity index (χ0v) is 17.3. The summed E-state index contributed by atoms with van der Waals surface area (Å²) in [4.78, 5) is 40.1. The number of benzene rings is 1. The van der Waals surface area contributed by atoms with Gasteiger partial charge in [0.05, 0.1) is 5.69 Å². The summed E-state index contributed by atoms with van der Waals surface area (Å²) in [6.45, 7) is 4.17. The van der Waals surface area contributed by atoms with Crippen molar-refractivity contribution in [2.75, 3.05) is 49.5 Å². The van der Waals surface area contributed by atoms with Gasteiger partial charge in [0.15, 0.2) is 0 Å². The maximum Gasteiger partial charge on any atom is 0.407 e. The van der Waals surface area contributed by atoms with Crippen molar-refractivity contribution >= 4 is 29.3 Å². The predicted octanol–water partition coefficient (Wildman–Crippen LogP) is 1.31. The van der Waals surface area contributed by atoms with Crippen molar-refractivity contribution in [1.29, 1.82) is 0 Å². The number of hydrogen-bond donors (Lipinski definition) is 3. The highest BCUT2D eigenvalue weighted by Gasteiger charge is 2.30. The van der Waals surface area contributed by atoms with Crippen LogP contribution >= 0.6 is 0 Å². The van der Waals surface area contributed by atoms with Crippen LogP contribution in [0.3, 0.4) is 0 Å². The van der Waals surface area contributed by atoms with E-state index in [1.807, 2.05) is 4.90 Å². The molecule has 1 unspecified atom stereocenters. The summed E-state index contributed by atoms with van der Waals surface area (Å²) in [5, 5.41) is 14.4. The summed E-state index contributed by atoms with van der Waals surface area (Å²) in [7, 11) is 0. The Bertz CT molecular complexity index is 850. The van der Waals surface area contributed by atoms with Gasteiger partial charge in [-0.3, -0.25) is 19.8 Å². The SMILES string of the molecule is O=C1CCC(Nc2ccc(N3CCN(C4CCN(C(=O)O)CC4)CC3)c(F)c2)C(=O)N1. The zero-order chi connectivity index (χ0) is 22.0. The van der Waals surface area contributed by atoms with Crippen molar-refractivity contribution in [2.24, 2.45) is 0 Å². The second kappa shape index (κ2) is 9.09. The monoisotopic (exact) mass is 433 g/mol. The summed E-state index contributed by atoms with van der Waals surface area (Å²) in [5.74, 6) is -1.01. The van der Waals surface area contributed by atoms with Crippen molar-refractivity contribution in [3.63, 3.8) is 0 Å². The van der Waals surface area contributed by atoms with E-state index in [1.54, 1.807) is 12.1 Å². The Morgan fingerprint density at radius 2 is 1.77 bits per heavy atom. The second-order valence-electron chi connectivity index (χ2n) is 8.34. The van der Waals surface area contributed by atoms with E-state index in [0.717, 1.165) is 25.9 Å². The van der Waals surface area contributed by atoms with Crippen LogP contribution in [-0.4, -0.2) is 84.2 Å². The molecule has 9 nitrogen and oxygen atoms in total. The molecule has 3 aliphatic rings. The summed E-state index contributed by atoms with van der Waals surface area (Å²) in [6.07, 6.45) is 1.47. The van der Waals surface area contributed by atoms with Crippen LogP contribution in [0.2, 0.25) is 0 Å². The minimum absolute atomic E-state index is 0.267. The molecule has 0 radical (unpaired) electrons. The van der Waals surface area contributed by atoms with E-state index < -0.39 is 12.1 Å². The normalized spacial score (nSPS) is 23.6. The van der Waals surface area contributed by atoms with Gasteiger partial charge in [-0.25, -0.2) is 9.18 Å². The summed E-state index contributed by atoms with van der Waals surface area (Å²) in [5.41, 5.74) is 1.05. The third-order valence-electron chi connectivity index (χ3n) is 6.43. The quantitative estimate of drug-likeness (QED) is 0.615. The number of carboxylic acid groups (broad SMARTS) is 1. The number of likely N-dealkylation sites (tertiary alicyclic amines) is 1. The van der Waals surface area contributed by atoms with Gasteiger partial charge in [0, 0.05) is 57.4 Å². The second-order valence-corrected chi connectivity index (χ2v) is 8.34. The third-order valence-corrected chi connectivity index (χ3v) is 6.43. The Kier molecular flexibility index (Phi) is 6.26. The van der Waals surface area contributed by atoms with E-state index >= 15 is 0 Å². The number of nitrogens with one attached hydrogen (secondary N) is 2. The summed E-state index contributed by atoms with van der Waals surface area (Å²) < 4.78 is 14.8. The van der Waals surface area contributed by atoms with Gasteiger partial charge in [0.25, 0.3) is 0 Å². The van der Waals surface area contributed by atoms with Crippen LogP contribution in [0.15, 0.2) is 18.2 Å². The lowest BCUT2D eigenvalue weighted by atomic mass is 10.0. The molecular weight excluding hydrogens is 405 g/mol. The number of rotatable bonds is 4. The highest BCUT2D eigenvalue weighted by Crippen LogP contribution is 2.26. The Morgan fingerprint density at radius 1 is 1.06 bits per heavy atom. The van der Waals surface area contributed by atoms with Crippen LogP contribution in [0.5, 0.6) is 0 Å². The van der Waals surface area contributed by atoms with Gasteiger partial charge in [-0.2, -0.15) is 0 Å². The maximum absolute atomic E-state index is 14.8. The molecule has 3 N–H and O–H groups in total. The van der Waals surface area contributed by atoms with Gasteiger partial charge in [-0.1, -0.05) is 0 Å². The van der Waals surface area contributed by atoms with E-state index in [9.17, 15) is 18.8 Å². The predicted molar refractivity (Wildman–Crippen MR) is 113 cm³/mol. The Hall–Kier alpha value is -2.88. The first kappa shape index (κ1) is 21.4. The largest absolute Gasteiger partial charge is 0.465 e. The lowest BCUT2D eigenvalue weighted by Gasteiger charge is -2.43. The van der Waals surface area contributed by atoms with Crippen LogP contribution in [0.1, 0.15) is 25.7 Å². The van der Waals surface area contributed by atoms with E-state index in [0.29, 0.717) is 50.0 Å². The Balaban J connectivity index is 1.30. The summed E-state index contributed by atoms with van der Waals surface area (Å²) in [6, 6.07) is 4.72. The molecule has 1 aromatic rings. The van der Waals surface area contributed by atoms with Crippen molar-refractivity contribution in [3.8, 4) is 0 Å². The van der Waals surface area contributed by atoms with Crippen LogP contribution in [0.25, 0.3) is 0 Å². The van der Waals surface area contributed by atoms with Crippen molar-refractivity contribution in [3.05, 3.63) is 24.0 Å². The molecule has 168 valence electrons. The van der Waals surface area contributed by atoms with Crippen LogP contribution in [0.4, 0.5) is 20.6 Å². The average Bonchev–Trinajstić information content (AvgIpc) is 2.76. The first-order valence-corrected chi connectivity index (χ1v) is 10.8. The molecule has 1 atom stereocenters. The molecule has 0 aromatic heterocycles. The number of piperidine rings is 2. The van der Waals surface area contributed by atoms with Gasteiger partial charge in [0.2, 0.25) is 11.8 Å². The van der Waals surface area contributed by atoms with Crippen LogP contribution in [0, 0.1) is 5.82 Å². The lowest BCUT2D eigenvalue weighted by Crippen LogP contribution is -2.53. The number of imide groups is 1. The van der Waals surface area contributed by atoms with E-state index in [1.165, 1.54) is 11.0 Å². The van der Waals surface area contributed by atoms with Crippen LogP contribution < -0.4 is 15.5 Å². The molecule has 10 heteroatoms. The fourth-order valence-electron chi connectivity index (χ4n) is 4.64. The zero-order valence-electron chi connectivity index (χ0n) is 17.3. The first-order valence-electron chi connectivity index (χ1n) is 10.8. The van der Waals surface area contributed by atoms with Gasteiger partial charge < -0.3 is 20.2 Å². The molecule has 3 aliphatic heterocycles. The number of anilines is 2. The molecule has 0 saturated carbocycles. The number of nitrogens with zero attached hydrogens (tertiary/aromatic N) is 3. The maximum atomic E-state index is 14.8. The van der Waals surface area contributed by atoms with Gasteiger partial charge >= 0.3 is 6.09 Å². The van der Waals surface area contributed by atoms with Crippen molar-refractivity contribution in [2.45, 2.75) is 37.8 Å². The first-order chi connectivity index (χ1) is 14.9. The number of amides is 3. The Labute approximate surface area is 180 Å². The molecule has 3 fully saturated rings. The molecule has 0 spiro atoms. The molecular formula is C21H28FN5O4. The standard InChI is InChI=1S/C21H28FN5O4/c22-16-13-14(23-17-2-4-19(28)24-20(17)29)1-3-18(16)26-11-9-25(10-12-26)15-5-7-27(8-6-15)21(30)31/h1,3,13,15,17,23H,2,4-12H2,(H,30,31)(H,24,28,29). The number of piperazine rings is 1. The fraction of sp³-hybridized carbons (Fsp3) is 0.571. The average molecular weight is 433 g/mol. The number of carbonyl (C=O) groups excluding carboxylic acids is 2. The topological polar surface area (TPSA) is 105 Å². The van der Waals surface area contributed by atoms with Crippen molar-refractivity contribution in [1.82, 2.24) is 15.1 Å². The van der Waals surface area contributed by atoms with Crippen LogP contribution in [-0.2, 0) is 9.59 Å². The number of halogens is 1. The van der Waals surface area contributed by atoms with E-state index in [-0.39, 0.29) is 24.1 Å². The number of carbonyl (C=O) groups is 3. The van der Waals surface area contributed by atoms with Gasteiger partial charge in [-0.05, 0) is 37.5 Å². The van der Waals surface area contributed by atoms with Crippen molar-refractivity contribution < 1.29 is 23.9 Å². The van der Waals surface area contributed by atoms with Gasteiger partial charge in [-0.15, -0.1) is 0 Å². The van der Waals surface area contributed by atoms with E-state index in [4.69, 9.17) is 5.11 Å². The molecule has 3 heterocycles. The smallest absolute Gasteiger partial charge is 0.407 e. The minimum atomic E-state index is -0.853. The lowest BCUT2D eigenvalue weighted by molar-refractivity contribution is -0.133. The Morgan fingerprint density at radius 3 is 2.39 bits per heavy atom. The molecule has 3 amide bonds. The summed E-state index contributed by atoms with van der Waals surface area (Å²) >= 11 is 0. The molecule has 1 aromatic carbocycles. The highest BCUT2D eigenvalue weighted by atomic mass is 19.1. The molecule has 31 heavy (non-hydrogen) atoms. The minimum Gasteiger partial charge on any atom is -0.465 e. The molecule has 0 bridgehead atoms. The van der Waals surface area contributed by atoms with E-state index in [2.05, 4.69) is 15.5 Å².